The zero-order valence-corrected chi connectivity index (χ0v) is 9.02. The molecule has 0 nitrogen and oxygen atoms in total. The summed E-state index contributed by atoms with van der Waals surface area (Å²) in [5.41, 5.74) is 0. The maximum Gasteiger partial charge on any atom is 0.0148 e. The predicted octanol–water partition coefficient (Wildman–Crippen LogP) is 3.82. The maximum absolute atomic E-state index is 2.34. The highest BCUT2D eigenvalue weighted by molar-refractivity contribution is 8.76. The third-order valence-corrected chi connectivity index (χ3v) is 4.24. The van der Waals surface area contributed by atoms with Gasteiger partial charge in [-0.15, -0.1) is 0 Å². The van der Waals surface area contributed by atoms with E-state index in [0.29, 0.717) is 0 Å². The van der Waals surface area contributed by atoms with Crippen molar-refractivity contribution >= 4 is 21.6 Å². The summed E-state index contributed by atoms with van der Waals surface area (Å²) < 4.78 is 0. The maximum atomic E-state index is 2.34. The van der Waals surface area contributed by atoms with Crippen molar-refractivity contribution < 1.29 is 0 Å². The zero-order valence-electron chi connectivity index (χ0n) is 7.39. The van der Waals surface area contributed by atoms with Crippen molar-refractivity contribution in [3.63, 3.8) is 0 Å². The first-order valence-corrected chi connectivity index (χ1v) is 6.54. The molecule has 0 spiro atoms. The Bertz CT molecular complexity index is 63.7. The molecule has 2 atom stereocenters. The molecule has 62 valence electrons. The summed E-state index contributed by atoms with van der Waals surface area (Å²) in [6.45, 7) is 6.92. The molecule has 2 heteroatoms. The van der Waals surface area contributed by atoms with Crippen molar-refractivity contribution in [2.24, 2.45) is 5.92 Å². The molecule has 0 aromatic rings. The molecule has 10 heavy (non-hydrogen) atoms. The molecule has 0 saturated carbocycles. The molecular formula is C8H18S2. The van der Waals surface area contributed by atoms with E-state index < -0.39 is 0 Å². The lowest BCUT2D eigenvalue weighted by molar-refractivity contribution is 0.522. The Morgan fingerprint density at radius 3 is 2.30 bits per heavy atom. The quantitative estimate of drug-likeness (QED) is 0.587. The minimum Gasteiger partial charge on any atom is -0.0973 e. The highest BCUT2D eigenvalue weighted by Crippen LogP contribution is 2.30. The first-order chi connectivity index (χ1) is 4.72. The summed E-state index contributed by atoms with van der Waals surface area (Å²) in [5, 5.41) is 0.815. The molecule has 0 rings (SSSR count). The molecule has 0 N–H and O–H groups in total. The highest BCUT2D eigenvalue weighted by Gasteiger charge is 2.10. The van der Waals surface area contributed by atoms with Crippen LogP contribution in [-0.4, -0.2) is 11.5 Å². The number of rotatable bonds is 5. The van der Waals surface area contributed by atoms with Gasteiger partial charge in [0.15, 0.2) is 0 Å². The van der Waals surface area contributed by atoms with E-state index in [-0.39, 0.29) is 0 Å². The Kier molecular flexibility index (Phi) is 6.86. The zero-order chi connectivity index (χ0) is 7.98. The van der Waals surface area contributed by atoms with Gasteiger partial charge in [-0.25, -0.2) is 0 Å². The minimum absolute atomic E-state index is 0.815. The van der Waals surface area contributed by atoms with Crippen LogP contribution in [0.5, 0.6) is 0 Å². The summed E-state index contributed by atoms with van der Waals surface area (Å²) in [6.07, 6.45) is 4.84. The van der Waals surface area contributed by atoms with Crippen molar-refractivity contribution in [2.75, 3.05) is 6.26 Å². The fraction of sp³-hybridized carbons (Fsp3) is 1.00. The van der Waals surface area contributed by atoms with Gasteiger partial charge in [0, 0.05) is 5.25 Å². The minimum atomic E-state index is 0.815. The first-order valence-electron chi connectivity index (χ1n) is 3.91. The van der Waals surface area contributed by atoms with Crippen LogP contribution in [0.25, 0.3) is 0 Å². The van der Waals surface area contributed by atoms with Gasteiger partial charge in [-0.2, -0.15) is 0 Å². The first kappa shape index (κ1) is 10.7. The van der Waals surface area contributed by atoms with Crippen LogP contribution in [-0.2, 0) is 0 Å². The molecule has 0 aromatic heterocycles. The van der Waals surface area contributed by atoms with E-state index in [0.717, 1.165) is 11.2 Å². The second kappa shape index (κ2) is 6.41. The van der Waals surface area contributed by atoms with Gasteiger partial charge in [-0.1, -0.05) is 48.8 Å². The van der Waals surface area contributed by atoms with Crippen molar-refractivity contribution in [1.82, 2.24) is 0 Å². The largest absolute Gasteiger partial charge is 0.0973 e. The van der Waals surface area contributed by atoms with Gasteiger partial charge in [0.1, 0.15) is 0 Å². The second-order valence-electron chi connectivity index (χ2n) is 2.73. The number of hydrogen-bond donors (Lipinski definition) is 0. The molecule has 0 aliphatic heterocycles. The molecule has 0 aliphatic carbocycles. The summed E-state index contributed by atoms with van der Waals surface area (Å²) in [7, 11) is 3.88. The van der Waals surface area contributed by atoms with E-state index in [9.17, 15) is 0 Å². The van der Waals surface area contributed by atoms with E-state index >= 15 is 0 Å². The summed E-state index contributed by atoms with van der Waals surface area (Å²) in [5.74, 6) is 0.877. The van der Waals surface area contributed by atoms with Crippen LogP contribution in [0.4, 0.5) is 0 Å². The molecular weight excluding hydrogens is 160 g/mol. The monoisotopic (exact) mass is 178 g/mol. The molecule has 0 amide bonds. The smallest absolute Gasteiger partial charge is 0.0148 e. The van der Waals surface area contributed by atoms with E-state index in [2.05, 4.69) is 27.0 Å². The molecule has 0 fully saturated rings. The summed E-state index contributed by atoms with van der Waals surface area (Å²) in [6, 6.07) is 0. The van der Waals surface area contributed by atoms with Gasteiger partial charge >= 0.3 is 0 Å². The van der Waals surface area contributed by atoms with Crippen LogP contribution in [0.15, 0.2) is 0 Å². The lowest BCUT2D eigenvalue weighted by Crippen LogP contribution is -2.07. The average molecular weight is 178 g/mol. The van der Waals surface area contributed by atoms with Crippen molar-refractivity contribution in [2.45, 2.75) is 38.9 Å². The Hall–Kier alpha value is 0.700. The lowest BCUT2D eigenvalue weighted by Gasteiger charge is -2.16. The predicted molar refractivity (Wildman–Crippen MR) is 54.6 cm³/mol. The molecule has 0 heterocycles. The van der Waals surface area contributed by atoms with E-state index in [4.69, 9.17) is 0 Å². The summed E-state index contributed by atoms with van der Waals surface area (Å²) in [4.78, 5) is 0. The molecule has 0 aliphatic rings. The topological polar surface area (TPSA) is 0 Å². The van der Waals surface area contributed by atoms with Crippen molar-refractivity contribution in [3.05, 3.63) is 0 Å². The molecule has 1 unspecified atom stereocenters. The van der Waals surface area contributed by atoms with Crippen LogP contribution >= 0.6 is 21.6 Å². The average Bonchev–Trinajstić information content (AvgIpc) is 1.89. The Balaban J connectivity index is 3.38. The van der Waals surface area contributed by atoms with Gasteiger partial charge in [0.05, 0.1) is 0 Å². The van der Waals surface area contributed by atoms with Crippen LogP contribution < -0.4 is 0 Å². The standard InChI is InChI=1S/C8H18S2/c1-5-6-7(2)8(3)10-9-4/h7-8H,5-6H2,1-4H3/t7?,8-/m1/s1. The normalized spacial score (nSPS) is 16.8. The molecule has 0 bridgehead atoms. The SMILES string of the molecule is CCCC(C)[C@@H](C)SSC. The lowest BCUT2D eigenvalue weighted by atomic mass is 10.0. The van der Waals surface area contributed by atoms with Crippen LogP contribution in [0.3, 0.4) is 0 Å². The van der Waals surface area contributed by atoms with Gasteiger partial charge in [-0.3, -0.25) is 0 Å². The second-order valence-corrected chi connectivity index (χ2v) is 5.58. The van der Waals surface area contributed by atoms with Crippen molar-refractivity contribution in [1.29, 1.82) is 0 Å². The third-order valence-electron chi connectivity index (χ3n) is 1.79. The molecule has 0 aromatic carbocycles. The summed E-state index contributed by atoms with van der Waals surface area (Å²) >= 11 is 0. The van der Waals surface area contributed by atoms with E-state index in [1.807, 2.05) is 21.6 Å². The van der Waals surface area contributed by atoms with Crippen LogP contribution in [0, 0.1) is 5.92 Å². The van der Waals surface area contributed by atoms with Gasteiger partial charge < -0.3 is 0 Å². The Morgan fingerprint density at radius 1 is 1.30 bits per heavy atom. The van der Waals surface area contributed by atoms with Crippen LogP contribution in [0.1, 0.15) is 33.6 Å². The van der Waals surface area contributed by atoms with Gasteiger partial charge in [0.25, 0.3) is 0 Å². The fourth-order valence-electron chi connectivity index (χ4n) is 0.937. The van der Waals surface area contributed by atoms with Gasteiger partial charge in [0.2, 0.25) is 0 Å². The van der Waals surface area contributed by atoms with Crippen molar-refractivity contribution in [3.8, 4) is 0 Å². The number of hydrogen-bond acceptors (Lipinski definition) is 2. The fourth-order valence-corrected chi connectivity index (χ4v) is 3.05. The Labute approximate surface area is 72.9 Å². The highest BCUT2D eigenvalue weighted by atomic mass is 33.1. The van der Waals surface area contributed by atoms with E-state index in [1.54, 1.807) is 0 Å². The Morgan fingerprint density at radius 2 is 1.90 bits per heavy atom. The van der Waals surface area contributed by atoms with Gasteiger partial charge in [-0.05, 0) is 18.6 Å². The van der Waals surface area contributed by atoms with E-state index in [1.165, 1.54) is 12.8 Å². The third kappa shape index (κ3) is 4.51. The molecule has 0 radical (unpaired) electrons. The molecule has 0 saturated heterocycles. The van der Waals surface area contributed by atoms with Crippen LogP contribution in [0.2, 0.25) is 0 Å².